The topological polar surface area (TPSA) is 71.9 Å². The summed E-state index contributed by atoms with van der Waals surface area (Å²) in [5.41, 5.74) is 1.61. The normalized spacial score (nSPS) is 12.2. The van der Waals surface area contributed by atoms with E-state index in [1.807, 2.05) is 18.7 Å². The minimum atomic E-state index is -0.987. The summed E-state index contributed by atoms with van der Waals surface area (Å²) in [6.45, 7) is 5.43. The van der Waals surface area contributed by atoms with Gasteiger partial charge in [-0.1, -0.05) is 0 Å². The first-order valence-corrected chi connectivity index (χ1v) is 6.45. The molecule has 1 N–H and O–H groups in total. The average Bonchev–Trinajstić information content (AvgIpc) is 2.39. The van der Waals surface area contributed by atoms with Gasteiger partial charge in [0.1, 0.15) is 5.56 Å². The Morgan fingerprint density at radius 2 is 2.15 bits per heavy atom. The number of anilines is 1. The van der Waals surface area contributed by atoms with Crippen LogP contribution in [0.5, 0.6) is 0 Å². The van der Waals surface area contributed by atoms with E-state index in [2.05, 4.69) is 4.98 Å². The quantitative estimate of drug-likeness (QED) is 0.780. The lowest BCUT2D eigenvalue weighted by atomic mass is 10.1. The number of carboxylic acid groups (broad SMARTS) is 1. The molecule has 1 atom stereocenters. The van der Waals surface area contributed by atoms with Gasteiger partial charge in [0.05, 0.1) is 18.9 Å². The van der Waals surface area contributed by atoms with Crippen LogP contribution in [0.3, 0.4) is 0 Å². The second-order valence-corrected chi connectivity index (χ2v) is 4.64. The Balaban J connectivity index is 3.16. The van der Waals surface area contributed by atoms with Gasteiger partial charge in [-0.25, -0.2) is 4.79 Å². The van der Waals surface area contributed by atoms with Crippen molar-refractivity contribution in [2.75, 3.05) is 38.9 Å². The maximum Gasteiger partial charge on any atom is 0.339 e. The van der Waals surface area contributed by atoms with Crippen molar-refractivity contribution in [2.45, 2.75) is 19.9 Å². The fraction of sp³-hybridized carbons (Fsp3) is 0.571. The minimum Gasteiger partial charge on any atom is -0.478 e. The summed E-state index contributed by atoms with van der Waals surface area (Å²) in [7, 11) is 3.25. The number of aromatic carboxylic acids is 1. The van der Waals surface area contributed by atoms with Crippen molar-refractivity contribution in [2.24, 2.45) is 0 Å². The van der Waals surface area contributed by atoms with Crippen LogP contribution in [-0.2, 0) is 9.47 Å². The first-order valence-electron chi connectivity index (χ1n) is 6.45. The van der Waals surface area contributed by atoms with Crippen molar-refractivity contribution >= 4 is 11.7 Å². The molecule has 0 aliphatic rings. The highest BCUT2D eigenvalue weighted by Crippen LogP contribution is 2.23. The van der Waals surface area contributed by atoms with E-state index in [9.17, 15) is 9.90 Å². The third-order valence-electron chi connectivity index (χ3n) is 3.03. The molecule has 0 aliphatic carbocycles. The van der Waals surface area contributed by atoms with Crippen molar-refractivity contribution < 1.29 is 19.4 Å². The zero-order valence-electron chi connectivity index (χ0n) is 12.4. The second-order valence-electron chi connectivity index (χ2n) is 4.64. The first kappa shape index (κ1) is 16.4. The molecule has 0 saturated heterocycles. The highest BCUT2D eigenvalue weighted by atomic mass is 16.5. The fourth-order valence-corrected chi connectivity index (χ4v) is 2.05. The standard InChI is InChI=1S/C14H22N2O4/c1-10-7-13(12(8-15-10)14(17)18)16(5-6-19-3)11(2)9-20-4/h7-8,11H,5-6,9H2,1-4H3,(H,17,18). The van der Waals surface area contributed by atoms with Crippen molar-refractivity contribution in [3.8, 4) is 0 Å². The number of aryl methyl sites for hydroxylation is 1. The van der Waals surface area contributed by atoms with Crippen molar-refractivity contribution in [3.63, 3.8) is 0 Å². The maximum atomic E-state index is 11.4. The molecule has 0 amide bonds. The Bertz CT molecular complexity index is 451. The predicted octanol–water partition coefficient (Wildman–Crippen LogP) is 1.58. The number of hydrogen-bond donors (Lipinski definition) is 1. The number of carbonyl (C=O) groups is 1. The van der Waals surface area contributed by atoms with Gasteiger partial charge in [-0.05, 0) is 19.9 Å². The van der Waals surface area contributed by atoms with Gasteiger partial charge in [0, 0.05) is 38.7 Å². The highest BCUT2D eigenvalue weighted by molar-refractivity contribution is 5.94. The number of ether oxygens (including phenoxy) is 2. The summed E-state index contributed by atoms with van der Waals surface area (Å²) in [4.78, 5) is 17.4. The second kappa shape index (κ2) is 7.81. The molecule has 0 radical (unpaired) electrons. The van der Waals surface area contributed by atoms with Crippen LogP contribution in [0.25, 0.3) is 0 Å². The van der Waals surface area contributed by atoms with Crippen molar-refractivity contribution in [1.82, 2.24) is 4.98 Å². The van der Waals surface area contributed by atoms with Crippen molar-refractivity contribution in [1.29, 1.82) is 0 Å². The molecule has 1 rings (SSSR count). The molecule has 1 aromatic heterocycles. The molecular weight excluding hydrogens is 260 g/mol. The molecule has 0 saturated carbocycles. The van der Waals surface area contributed by atoms with Crippen LogP contribution in [0.1, 0.15) is 23.0 Å². The van der Waals surface area contributed by atoms with Gasteiger partial charge in [0.15, 0.2) is 0 Å². The summed E-state index contributed by atoms with van der Waals surface area (Å²) >= 11 is 0. The summed E-state index contributed by atoms with van der Waals surface area (Å²) in [5.74, 6) is -0.987. The number of methoxy groups -OCH3 is 2. The van der Waals surface area contributed by atoms with E-state index in [0.29, 0.717) is 25.4 Å². The van der Waals surface area contributed by atoms with E-state index in [1.165, 1.54) is 6.20 Å². The van der Waals surface area contributed by atoms with E-state index in [0.717, 1.165) is 5.69 Å². The van der Waals surface area contributed by atoms with Crippen LogP contribution in [0.15, 0.2) is 12.3 Å². The lowest BCUT2D eigenvalue weighted by Gasteiger charge is -2.31. The molecule has 6 nitrogen and oxygen atoms in total. The number of rotatable bonds is 8. The molecule has 0 spiro atoms. The Labute approximate surface area is 119 Å². The third-order valence-corrected chi connectivity index (χ3v) is 3.03. The van der Waals surface area contributed by atoms with Crippen molar-refractivity contribution in [3.05, 3.63) is 23.5 Å². The molecule has 20 heavy (non-hydrogen) atoms. The van der Waals surface area contributed by atoms with E-state index < -0.39 is 5.97 Å². The molecule has 1 aromatic rings. The third kappa shape index (κ3) is 4.18. The molecule has 0 fully saturated rings. The fourth-order valence-electron chi connectivity index (χ4n) is 2.05. The van der Waals surface area contributed by atoms with Gasteiger partial charge in [-0.3, -0.25) is 4.98 Å². The van der Waals surface area contributed by atoms with E-state index in [1.54, 1.807) is 20.3 Å². The summed E-state index contributed by atoms with van der Waals surface area (Å²) in [6.07, 6.45) is 1.40. The van der Waals surface area contributed by atoms with E-state index in [-0.39, 0.29) is 11.6 Å². The number of hydrogen-bond acceptors (Lipinski definition) is 5. The molecule has 1 unspecified atom stereocenters. The highest BCUT2D eigenvalue weighted by Gasteiger charge is 2.21. The Kier molecular flexibility index (Phi) is 6.41. The molecule has 6 heteroatoms. The zero-order chi connectivity index (χ0) is 15.1. The molecule has 0 bridgehead atoms. The van der Waals surface area contributed by atoms with Gasteiger partial charge in [0.2, 0.25) is 0 Å². The molecule has 0 aliphatic heterocycles. The van der Waals surface area contributed by atoms with Crippen LogP contribution in [0, 0.1) is 6.92 Å². The lowest BCUT2D eigenvalue weighted by Crippen LogP contribution is -2.39. The molecule has 0 aromatic carbocycles. The van der Waals surface area contributed by atoms with Crippen LogP contribution in [0.2, 0.25) is 0 Å². The van der Waals surface area contributed by atoms with Gasteiger partial charge in [-0.15, -0.1) is 0 Å². The Morgan fingerprint density at radius 3 is 2.70 bits per heavy atom. The number of pyridine rings is 1. The smallest absolute Gasteiger partial charge is 0.339 e. The van der Waals surface area contributed by atoms with Crippen LogP contribution < -0.4 is 4.90 Å². The van der Waals surface area contributed by atoms with Gasteiger partial charge in [-0.2, -0.15) is 0 Å². The lowest BCUT2D eigenvalue weighted by molar-refractivity contribution is 0.0696. The number of nitrogens with zero attached hydrogens (tertiary/aromatic N) is 2. The first-order chi connectivity index (χ1) is 9.51. The predicted molar refractivity (Wildman–Crippen MR) is 76.5 cm³/mol. The summed E-state index contributed by atoms with van der Waals surface area (Å²) in [5, 5.41) is 9.31. The van der Waals surface area contributed by atoms with Gasteiger partial charge >= 0.3 is 5.97 Å². The maximum absolute atomic E-state index is 11.4. The molecular formula is C14H22N2O4. The zero-order valence-corrected chi connectivity index (χ0v) is 12.4. The Morgan fingerprint density at radius 1 is 1.45 bits per heavy atom. The number of aromatic nitrogens is 1. The minimum absolute atomic E-state index is 0.0371. The van der Waals surface area contributed by atoms with E-state index in [4.69, 9.17) is 9.47 Å². The number of carboxylic acids is 1. The van der Waals surface area contributed by atoms with Crippen LogP contribution in [0.4, 0.5) is 5.69 Å². The van der Waals surface area contributed by atoms with Gasteiger partial charge in [0.25, 0.3) is 0 Å². The molecule has 1 heterocycles. The van der Waals surface area contributed by atoms with Crippen LogP contribution >= 0.6 is 0 Å². The molecule has 112 valence electrons. The Hall–Kier alpha value is -1.66. The monoisotopic (exact) mass is 282 g/mol. The average molecular weight is 282 g/mol. The largest absolute Gasteiger partial charge is 0.478 e. The van der Waals surface area contributed by atoms with E-state index >= 15 is 0 Å². The van der Waals surface area contributed by atoms with Crippen LogP contribution in [-0.4, -0.2) is 56.1 Å². The van der Waals surface area contributed by atoms with Gasteiger partial charge < -0.3 is 19.5 Å². The summed E-state index contributed by atoms with van der Waals surface area (Å²) < 4.78 is 10.3. The SMILES string of the molecule is COCCN(c1cc(C)ncc1C(=O)O)C(C)COC. The summed E-state index contributed by atoms with van der Waals surface area (Å²) in [6, 6.07) is 1.82.